The number of ether oxygens (including phenoxy) is 1. The van der Waals surface area contributed by atoms with Crippen LogP contribution in [-0.2, 0) is 15.6 Å². The molecule has 0 aromatic heterocycles. The van der Waals surface area contributed by atoms with E-state index in [2.05, 4.69) is 0 Å². The van der Waals surface area contributed by atoms with Gasteiger partial charge in [-0.1, -0.05) is 13.8 Å². The first-order valence-corrected chi connectivity index (χ1v) is 7.47. The lowest BCUT2D eigenvalue weighted by Gasteiger charge is -2.10. The number of hydrogen-bond donors (Lipinski definition) is 0. The van der Waals surface area contributed by atoms with Crippen molar-refractivity contribution in [2.45, 2.75) is 19.6 Å². The molecule has 0 bridgehead atoms. The SMILES string of the molecule is COc1ccc(C#N)cc1CS(=O)(=O)CC(C)C. The minimum Gasteiger partial charge on any atom is -0.496 e. The van der Waals surface area contributed by atoms with Gasteiger partial charge in [0.1, 0.15) is 5.75 Å². The molecule has 0 aliphatic heterocycles. The lowest BCUT2D eigenvalue weighted by atomic mass is 10.1. The summed E-state index contributed by atoms with van der Waals surface area (Å²) in [5.41, 5.74) is 0.975. The fourth-order valence-corrected chi connectivity index (χ4v) is 3.60. The summed E-state index contributed by atoms with van der Waals surface area (Å²) in [4.78, 5) is 0. The van der Waals surface area contributed by atoms with Crippen molar-refractivity contribution in [1.82, 2.24) is 0 Å². The highest BCUT2D eigenvalue weighted by Gasteiger charge is 2.17. The number of nitrogens with zero attached hydrogens (tertiary/aromatic N) is 1. The van der Waals surface area contributed by atoms with Gasteiger partial charge in [0.25, 0.3) is 0 Å². The molecule has 0 aliphatic rings. The Morgan fingerprint density at radius 1 is 1.39 bits per heavy atom. The summed E-state index contributed by atoms with van der Waals surface area (Å²) in [7, 11) is -1.69. The Labute approximate surface area is 108 Å². The molecule has 0 unspecified atom stereocenters. The van der Waals surface area contributed by atoms with Crippen LogP contribution in [0.25, 0.3) is 0 Å². The van der Waals surface area contributed by atoms with E-state index >= 15 is 0 Å². The van der Waals surface area contributed by atoms with Crippen LogP contribution in [0, 0.1) is 17.2 Å². The molecular formula is C13H17NO3S. The molecule has 0 aliphatic carbocycles. The molecule has 4 nitrogen and oxygen atoms in total. The van der Waals surface area contributed by atoms with Crippen molar-refractivity contribution in [1.29, 1.82) is 5.26 Å². The van der Waals surface area contributed by atoms with E-state index in [9.17, 15) is 8.42 Å². The molecule has 0 fully saturated rings. The maximum atomic E-state index is 11.9. The van der Waals surface area contributed by atoms with Crippen LogP contribution in [0.15, 0.2) is 18.2 Å². The van der Waals surface area contributed by atoms with E-state index in [1.54, 1.807) is 18.2 Å². The Morgan fingerprint density at radius 2 is 2.06 bits per heavy atom. The van der Waals surface area contributed by atoms with E-state index in [-0.39, 0.29) is 17.4 Å². The van der Waals surface area contributed by atoms with E-state index < -0.39 is 9.84 Å². The molecule has 0 saturated carbocycles. The second-order valence-electron chi connectivity index (χ2n) is 4.59. The lowest BCUT2D eigenvalue weighted by Crippen LogP contribution is -2.14. The van der Waals surface area contributed by atoms with Crippen molar-refractivity contribution in [2.75, 3.05) is 12.9 Å². The average molecular weight is 267 g/mol. The Balaban J connectivity index is 3.06. The van der Waals surface area contributed by atoms with E-state index in [1.165, 1.54) is 7.11 Å². The van der Waals surface area contributed by atoms with Crippen LogP contribution in [0.5, 0.6) is 5.75 Å². The van der Waals surface area contributed by atoms with Crippen LogP contribution in [0.4, 0.5) is 0 Å². The molecule has 0 amide bonds. The fourth-order valence-electron chi connectivity index (χ4n) is 1.76. The number of methoxy groups -OCH3 is 1. The van der Waals surface area contributed by atoms with E-state index in [1.807, 2.05) is 19.9 Å². The Hall–Kier alpha value is -1.54. The standard InChI is InChI=1S/C13H17NO3S/c1-10(2)8-18(15,16)9-12-6-11(7-14)4-5-13(12)17-3/h4-6,10H,8-9H2,1-3H3. The molecule has 0 N–H and O–H groups in total. The first-order chi connectivity index (χ1) is 8.38. The zero-order valence-electron chi connectivity index (χ0n) is 10.8. The number of hydrogen-bond acceptors (Lipinski definition) is 4. The quantitative estimate of drug-likeness (QED) is 0.819. The van der Waals surface area contributed by atoms with E-state index in [0.717, 1.165) is 0 Å². The highest BCUT2D eigenvalue weighted by molar-refractivity contribution is 7.90. The van der Waals surface area contributed by atoms with Crippen molar-refractivity contribution >= 4 is 9.84 Å². The largest absolute Gasteiger partial charge is 0.496 e. The van der Waals surface area contributed by atoms with Gasteiger partial charge in [-0.05, 0) is 24.1 Å². The molecule has 1 aromatic rings. The van der Waals surface area contributed by atoms with Crippen LogP contribution in [0.3, 0.4) is 0 Å². The van der Waals surface area contributed by atoms with E-state index in [4.69, 9.17) is 10.00 Å². The van der Waals surface area contributed by atoms with Gasteiger partial charge in [-0.3, -0.25) is 0 Å². The van der Waals surface area contributed by atoms with Crippen LogP contribution in [0.2, 0.25) is 0 Å². The van der Waals surface area contributed by atoms with E-state index in [0.29, 0.717) is 16.9 Å². The molecule has 0 saturated heterocycles. The van der Waals surface area contributed by atoms with Gasteiger partial charge in [-0.15, -0.1) is 0 Å². The second-order valence-corrected chi connectivity index (χ2v) is 6.70. The normalized spacial score (nSPS) is 11.3. The third-order valence-corrected chi connectivity index (χ3v) is 4.30. The third kappa shape index (κ3) is 4.04. The molecule has 1 rings (SSSR count). The van der Waals surface area contributed by atoms with Gasteiger partial charge in [0.05, 0.1) is 30.2 Å². The molecular weight excluding hydrogens is 250 g/mol. The van der Waals surface area contributed by atoms with Crippen LogP contribution < -0.4 is 4.74 Å². The lowest BCUT2D eigenvalue weighted by molar-refractivity contribution is 0.411. The molecule has 0 radical (unpaired) electrons. The average Bonchev–Trinajstić information content (AvgIpc) is 2.26. The monoisotopic (exact) mass is 267 g/mol. The maximum Gasteiger partial charge on any atom is 0.154 e. The van der Waals surface area contributed by atoms with Gasteiger partial charge in [0.2, 0.25) is 0 Å². The first kappa shape index (κ1) is 14.5. The minimum absolute atomic E-state index is 0.0835. The fraction of sp³-hybridized carbons (Fsp3) is 0.462. The van der Waals surface area contributed by atoms with Crippen molar-refractivity contribution in [3.05, 3.63) is 29.3 Å². The summed E-state index contributed by atoms with van der Waals surface area (Å²) in [5, 5.41) is 8.83. The zero-order chi connectivity index (χ0) is 13.8. The summed E-state index contributed by atoms with van der Waals surface area (Å²) in [5.74, 6) is 0.623. The van der Waals surface area contributed by atoms with Crippen LogP contribution in [0.1, 0.15) is 25.0 Å². The predicted octanol–water partition coefficient (Wildman–Crippen LogP) is 2.14. The Kier molecular flexibility index (Phi) is 4.74. The number of benzene rings is 1. The maximum absolute atomic E-state index is 11.9. The smallest absolute Gasteiger partial charge is 0.154 e. The summed E-state index contributed by atoms with van der Waals surface area (Å²) in [6, 6.07) is 6.79. The molecule has 18 heavy (non-hydrogen) atoms. The predicted molar refractivity (Wildman–Crippen MR) is 70.0 cm³/mol. The number of nitriles is 1. The zero-order valence-corrected chi connectivity index (χ0v) is 11.6. The second kappa shape index (κ2) is 5.87. The third-order valence-electron chi connectivity index (χ3n) is 2.37. The van der Waals surface area contributed by atoms with Crippen LogP contribution >= 0.6 is 0 Å². The highest BCUT2D eigenvalue weighted by Crippen LogP contribution is 2.22. The Bertz CT molecular complexity index is 556. The summed E-state index contributed by atoms with van der Waals surface area (Å²) in [6.07, 6.45) is 0. The molecule has 0 atom stereocenters. The van der Waals surface area contributed by atoms with Gasteiger partial charge >= 0.3 is 0 Å². The number of rotatable bonds is 5. The highest BCUT2D eigenvalue weighted by atomic mass is 32.2. The molecule has 0 heterocycles. The molecule has 5 heteroatoms. The van der Waals surface area contributed by atoms with Crippen LogP contribution in [-0.4, -0.2) is 21.3 Å². The van der Waals surface area contributed by atoms with Gasteiger partial charge in [0.15, 0.2) is 9.84 Å². The van der Waals surface area contributed by atoms with Crippen molar-refractivity contribution in [2.24, 2.45) is 5.92 Å². The summed E-state index contributed by atoms with van der Waals surface area (Å²) in [6.45, 7) is 3.72. The topological polar surface area (TPSA) is 67.2 Å². The minimum atomic E-state index is -3.18. The molecule has 1 aromatic carbocycles. The number of sulfone groups is 1. The van der Waals surface area contributed by atoms with Crippen molar-refractivity contribution in [3.8, 4) is 11.8 Å². The van der Waals surface area contributed by atoms with Crippen molar-refractivity contribution in [3.63, 3.8) is 0 Å². The molecule has 98 valence electrons. The van der Waals surface area contributed by atoms with Crippen molar-refractivity contribution < 1.29 is 13.2 Å². The summed E-state index contributed by atoms with van der Waals surface area (Å²) < 4.78 is 29.0. The first-order valence-electron chi connectivity index (χ1n) is 5.65. The van der Waals surface area contributed by atoms with Gasteiger partial charge in [0, 0.05) is 5.56 Å². The van der Waals surface area contributed by atoms with Gasteiger partial charge in [-0.2, -0.15) is 5.26 Å². The van der Waals surface area contributed by atoms with Gasteiger partial charge in [-0.25, -0.2) is 8.42 Å². The Morgan fingerprint density at radius 3 is 2.56 bits per heavy atom. The molecule has 0 spiro atoms. The summed E-state index contributed by atoms with van der Waals surface area (Å²) >= 11 is 0. The van der Waals surface area contributed by atoms with Gasteiger partial charge < -0.3 is 4.74 Å².